The molecule has 30 heavy (non-hydrogen) atoms. The van der Waals surface area contributed by atoms with Gasteiger partial charge in [0.05, 0.1) is 18.8 Å². The minimum Gasteiger partial charge on any atom is -0.383 e. The van der Waals surface area contributed by atoms with Gasteiger partial charge in [-0.2, -0.15) is 0 Å². The minimum absolute atomic E-state index is 0.0844. The third kappa shape index (κ3) is 4.20. The van der Waals surface area contributed by atoms with Crippen molar-refractivity contribution in [3.8, 4) is 0 Å². The number of methoxy groups -OCH3 is 1. The number of tetrazole rings is 1. The number of benzene rings is 1. The SMILES string of the molecule is COCCn1nnnc1[C@@H](c1ccccn1)N1CCN(c2cccc(C)c2C)CC1. The van der Waals surface area contributed by atoms with Crippen molar-refractivity contribution in [2.45, 2.75) is 26.4 Å². The van der Waals surface area contributed by atoms with Gasteiger partial charge in [-0.05, 0) is 53.6 Å². The summed E-state index contributed by atoms with van der Waals surface area (Å²) in [6.07, 6.45) is 1.83. The van der Waals surface area contributed by atoms with Crippen molar-refractivity contribution in [2.75, 3.05) is 44.8 Å². The number of piperazine rings is 1. The van der Waals surface area contributed by atoms with E-state index in [2.05, 4.69) is 68.4 Å². The van der Waals surface area contributed by atoms with E-state index in [9.17, 15) is 0 Å². The Morgan fingerprint density at radius 1 is 1.03 bits per heavy atom. The van der Waals surface area contributed by atoms with E-state index in [1.807, 2.05) is 23.0 Å². The second-order valence-electron chi connectivity index (χ2n) is 7.65. The Kier molecular flexibility index (Phi) is 6.35. The van der Waals surface area contributed by atoms with Gasteiger partial charge in [0, 0.05) is 45.2 Å². The van der Waals surface area contributed by atoms with Gasteiger partial charge in [0.15, 0.2) is 5.82 Å². The first-order valence-corrected chi connectivity index (χ1v) is 10.4. The molecule has 8 nitrogen and oxygen atoms in total. The van der Waals surface area contributed by atoms with Crippen molar-refractivity contribution < 1.29 is 4.74 Å². The average molecular weight is 408 g/mol. The van der Waals surface area contributed by atoms with Crippen molar-refractivity contribution in [3.05, 3.63) is 65.2 Å². The van der Waals surface area contributed by atoms with Crippen LogP contribution in [0.25, 0.3) is 0 Å². The molecule has 0 bridgehead atoms. The van der Waals surface area contributed by atoms with E-state index in [1.54, 1.807) is 7.11 Å². The Hall–Kier alpha value is -2.84. The molecule has 158 valence electrons. The largest absolute Gasteiger partial charge is 0.383 e. The lowest BCUT2D eigenvalue weighted by Gasteiger charge is -2.40. The van der Waals surface area contributed by atoms with E-state index in [1.165, 1.54) is 16.8 Å². The van der Waals surface area contributed by atoms with Crippen LogP contribution < -0.4 is 4.90 Å². The third-order valence-electron chi connectivity index (χ3n) is 5.88. The number of hydrogen-bond donors (Lipinski definition) is 0. The van der Waals surface area contributed by atoms with E-state index in [4.69, 9.17) is 4.74 Å². The Bertz CT molecular complexity index is 951. The molecular formula is C22H29N7O. The summed E-state index contributed by atoms with van der Waals surface area (Å²) in [6.45, 7) is 9.28. The number of aryl methyl sites for hydroxylation is 1. The summed E-state index contributed by atoms with van der Waals surface area (Å²) in [5.74, 6) is 0.811. The highest BCUT2D eigenvalue weighted by atomic mass is 16.5. The lowest BCUT2D eigenvalue weighted by molar-refractivity contribution is 0.171. The number of rotatable bonds is 7. The summed E-state index contributed by atoms with van der Waals surface area (Å²) in [6, 6.07) is 12.5. The van der Waals surface area contributed by atoms with Crippen LogP contribution in [0.15, 0.2) is 42.6 Å². The smallest absolute Gasteiger partial charge is 0.174 e. The highest BCUT2D eigenvalue weighted by Crippen LogP contribution is 2.29. The quantitative estimate of drug-likeness (QED) is 0.595. The van der Waals surface area contributed by atoms with Crippen LogP contribution in [0.1, 0.15) is 28.7 Å². The van der Waals surface area contributed by atoms with Crippen LogP contribution in [0.4, 0.5) is 5.69 Å². The van der Waals surface area contributed by atoms with Gasteiger partial charge in [-0.3, -0.25) is 9.88 Å². The Morgan fingerprint density at radius 3 is 2.60 bits per heavy atom. The maximum absolute atomic E-state index is 5.23. The fourth-order valence-electron chi connectivity index (χ4n) is 4.06. The van der Waals surface area contributed by atoms with Gasteiger partial charge in [0.1, 0.15) is 6.04 Å². The molecule has 1 aliphatic heterocycles. The van der Waals surface area contributed by atoms with Crippen LogP contribution in [0.5, 0.6) is 0 Å². The molecule has 1 aromatic carbocycles. The molecule has 0 spiro atoms. The van der Waals surface area contributed by atoms with Crippen LogP contribution in [-0.2, 0) is 11.3 Å². The normalized spacial score (nSPS) is 16.0. The summed E-state index contributed by atoms with van der Waals surface area (Å²) >= 11 is 0. The third-order valence-corrected chi connectivity index (χ3v) is 5.88. The number of ether oxygens (including phenoxy) is 1. The van der Waals surface area contributed by atoms with Crippen LogP contribution in [0, 0.1) is 13.8 Å². The summed E-state index contributed by atoms with van der Waals surface area (Å²) in [4.78, 5) is 9.54. The lowest BCUT2D eigenvalue weighted by atomic mass is 10.1. The van der Waals surface area contributed by atoms with Crippen molar-refractivity contribution in [3.63, 3.8) is 0 Å². The zero-order valence-corrected chi connectivity index (χ0v) is 17.9. The van der Waals surface area contributed by atoms with Crippen LogP contribution in [-0.4, -0.2) is 70.0 Å². The van der Waals surface area contributed by atoms with Crippen LogP contribution in [0.3, 0.4) is 0 Å². The monoisotopic (exact) mass is 407 g/mol. The van der Waals surface area contributed by atoms with Gasteiger partial charge in [0.25, 0.3) is 0 Å². The van der Waals surface area contributed by atoms with Crippen LogP contribution in [0.2, 0.25) is 0 Å². The predicted molar refractivity (Wildman–Crippen MR) is 115 cm³/mol. The molecule has 8 heteroatoms. The van der Waals surface area contributed by atoms with E-state index in [-0.39, 0.29) is 6.04 Å². The zero-order chi connectivity index (χ0) is 20.9. The lowest BCUT2D eigenvalue weighted by Crippen LogP contribution is -2.48. The maximum atomic E-state index is 5.23. The fourth-order valence-corrected chi connectivity index (χ4v) is 4.06. The van der Waals surface area contributed by atoms with Gasteiger partial charge in [-0.15, -0.1) is 5.10 Å². The molecule has 0 unspecified atom stereocenters. The molecule has 0 aliphatic carbocycles. The van der Waals surface area contributed by atoms with Gasteiger partial charge >= 0.3 is 0 Å². The Morgan fingerprint density at radius 2 is 1.87 bits per heavy atom. The molecule has 2 aromatic heterocycles. The summed E-state index contributed by atoms with van der Waals surface area (Å²) < 4.78 is 7.07. The Balaban J connectivity index is 1.57. The number of hydrogen-bond acceptors (Lipinski definition) is 7. The second-order valence-corrected chi connectivity index (χ2v) is 7.65. The zero-order valence-electron chi connectivity index (χ0n) is 17.9. The topological polar surface area (TPSA) is 72.2 Å². The second kappa shape index (κ2) is 9.32. The summed E-state index contributed by atoms with van der Waals surface area (Å²) in [7, 11) is 1.69. The molecule has 4 rings (SSSR count). The van der Waals surface area contributed by atoms with Gasteiger partial charge in [-0.25, -0.2) is 4.68 Å². The molecule has 0 N–H and O–H groups in total. The highest BCUT2D eigenvalue weighted by molar-refractivity contribution is 5.56. The minimum atomic E-state index is -0.0844. The van der Waals surface area contributed by atoms with Crippen molar-refractivity contribution in [2.24, 2.45) is 0 Å². The Labute approximate surface area is 177 Å². The molecule has 1 atom stereocenters. The van der Waals surface area contributed by atoms with E-state index >= 15 is 0 Å². The maximum Gasteiger partial charge on any atom is 0.174 e. The standard InChI is InChI=1S/C22H29N7O/c1-17-7-6-9-20(18(17)2)27-11-13-28(14-12-27)21(19-8-4-5-10-23-19)22-24-25-26-29(22)15-16-30-3/h4-10,21H,11-16H2,1-3H3/t21-/m1/s1. The van der Waals surface area contributed by atoms with Crippen molar-refractivity contribution in [1.29, 1.82) is 0 Å². The molecule has 0 saturated carbocycles. The first-order chi connectivity index (χ1) is 14.7. The molecule has 3 aromatic rings. The molecule has 0 amide bonds. The van der Waals surface area contributed by atoms with E-state index in [0.29, 0.717) is 13.2 Å². The van der Waals surface area contributed by atoms with Crippen molar-refractivity contribution in [1.82, 2.24) is 30.1 Å². The van der Waals surface area contributed by atoms with Gasteiger partial charge in [-0.1, -0.05) is 18.2 Å². The molecule has 3 heterocycles. The summed E-state index contributed by atoms with van der Waals surface area (Å²) in [5, 5.41) is 12.5. The van der Waals surface area contributed by atoms with Crippen molar-refractivity contribution >= 4 is 5.69 Å². The first-order valence-electron chi connectivity index (χ1n) is 10.4. The molecule has 0 radical (unpaired) electrons. The first kappa shape index (κ1) is 20.4. The average Bonchev–Trinajstić information content (AvgIpc) is 3.24. The molecule has 1 saturated heterocycles. The number of anilines is 1. The molecule has 1 aliphatic rings. The number of aromatic nitrogens is 5. The van der Waals surface area contributed by atoms with Gasteiger partial charge in [0.2, 0.25) is 0 Å². The number of nitrogens with zero attached hydrogens (tertiary/aromatic N) is 7. The van der Waals surface area contributed by atoms with E-state index < -0.39 is 0 Å². The molecule has 1 fully saturated rings. The van der Waals surface area contributed by atoms with Crippen LogP contribution >= 0.6 is 0 Å². The molecular weight excluding hydrogens is 378 g/mol. The highest BCUT2D eigenvalue weighted by Gasteiger charge is 2.31. The van der Waals surface area contributed by atoms with Gasteiger partial charge < -0.3 is 9.64 Å². The predicted octanol–water partition coefficient (Wildman–Crippen LogP) is 2.24. The van der Waals surface area contributed by atoms with E-state index in [0.717, 1.165) is 37.7 Å². The fraction of sp³-hybridized carbons (Fsp3) is 0.455. The number of pyridine rings is 1. The summed E-state index contributed by atoms with van der Waals surface area (Å²) in [5.41, 5.74) is 4.98.